The zero-order valence-electron chi connectivity index (χ0n) is 15.2. The minimum Gasteiger partial charge on any atom is -0.353 e. The third-order valence-electron chi connectivity index (χ3n) is 4.74. The molecule has 1 heterocycles. The standard InChI is InChI=1S/C18H27F3N4O/c1-3-24(2)16(14-7-5-4-6-8-14)17(26)23-13-15(18(19,20)21)25-11-9-22-10-12-25/h4-8,15-16,22H,3,9-13H2,1-2H3,(H,23,26). The monoisotopic (exact) mass is 372 g/mol. The van der Waals surface area contributed by atoms with Crippen molar-refractivity contribution in [3.05, 3.63) is 35.9 Å². The summed E-state index contributed by atoms with van der Waals surface area (Å²) in [5.74, 6) is -0.412. The Morgan fingerprint density at radius 2 is 1.88 bits per heavy atom. The van der Waals surface area contributed by atoms with E-state index in [1.165, 1.54) is 4.90 Å². The Bertz CT molecular complexity index is 561. The second kappa shape index (κ2) is 9.34. The van der Waals surface area contributed by atoms with Gasteiger partial charge in [0.05, 0.1) is 0 Å². The van der Waals surface area contributed by atoms with E-state index in [1.807, 2.05) is 42.2 Å². The molecular weight excluding hydrogens is 345 g/mol. The van der Waals surface area contributed by atoms with Crippen molar-refractivity contribution < 1.29 is 18.0 Å². The molecule has 0 saturated carbocycles. The molecule has 0 spiro atoms. The second-order valence-electron chi connectivity index (χ2n) is 6.47. The molecule has 0 aliphatic carbocycles. The summed E-state index contributed by atoms with van der Waals surface area (Å²) in [6.07, 6.45) is -4.39. The quantitative estimate of drug-likeness (QED) is 0.764. The van der Waals surface area contributed by atoms with E-state index in [9.17, 15) is 18.0 Å². The van der Waals surface area contributed by atoms with Gasteiger partial charge in [-0.3, -0.25) is 14.6 Å². The molecule has 1 amide bonds. The first-order valence-electron chi connectivity index (χ1n) is 8.89. The van der Waals surface area contributed by atoms with Gasteiger partial charge in [-0.1, -0.05) is 37.3 Å². The molecule has 1 aliphatic rings. The molecule has 2 N–H and O–H groups in total. The number of carbonyl (C=O) groups excluding carboxylic acids is 1. The summed E-state index contributed by atoms with van der Waals surface area (Å²) >= 11 is 0. The summed E-state index contributed by atoms with van der Waals surface area (Å²) in [7, 11) is 1.79. The number of hydrogen-bond donors (Lipinski definition) is 2. The summed E-state index contributed by atoms with van der Waals surface area (Å²) in [5.41, 5.74) is 0.764. The van der Waals surface area contributed by atoms with Gasteiger partial charge in [0.15, 0.2) is 0 Å². The van der Waals surface area contributed by atoms with E-state index in [1.54, 1.807) is 7.05 Å². The summed E-state index contributed by atoms with van der Waals surface area (Å²) in [6.45, 7) is 3.74. The van der Waals surface area contributed by atoms with E-state index in [2.05, 4.69) is 10.6 Å². The number of hydrogen-bond acceptors (Lipinski definition) is 4. The van der Waals surface area contributed by atoms with Crippen LogP contribution in [0.15, 0.2) is 30.3 Å². The van der Waals surface area contributed by atoms with Gasteiger partial charge >= 0.3 is 6.18 Å². The number of nitrogens with one attached hydrogen (secondary N) is 2. The third-order valence-corrected chi connectivity index (χ3v) is 4.74. The van der Waals surface area contributed by atoms with Gasteiger partial charge in [-0.05, 0) is 19.2 Å². The normalized spacial score (nSPS) is 18.5. The highest BCUT2D eigenvalue weighted by molar-refractivity contribution is 5.83. The van der Waals surface area contributed by atoms with Crippen LogP contribution in [0.5, 0.6) is 0 Å². The highest BCUT2D eigenvalue weighted by Gasteiger charge is 2.44. The molecule has 2 rings (SSSR count). The lowest BCUT2D eigenvalue weighted by atomic mass is 10.0. The maximum atomic E-state index is 13.5. The molecule has 1 aromatic rings. The summed E-state index contributed by atoms with van der Waals surface area (Å²) in [6, 6.07) is 6.82. The zero-order valence-corrected chi connectivity index (χ0v) is 15.2. The van der Waals surface area contributed by atoms with Gasteiger partial charge in [-0.2, -0.15) is 13.2 Å². The Labute approximate surface area is 152 Å². The molecule has 0 bridgehead atoms. The predicted molar refractivity (Wildman–Crippen MR) is 94.8 cm³/mol. The fourth-order valence-corrected chi connectivity index (χ4v) is 3.16. The van der Waals surface area contributed by atoms with Gasteiger partial charge in [0.2, 0.25) is 5.91 Å². The molecule has 0 aromatic heterocycles. The van der Waals surface area contributed by atoms with Gasteiger partial charge < -0.3 is 10.6 Å². The van der Waals surface area contributed by atoms with Crippen molar-refractivity contribution in [1.29, 1.82) is 0 Å². The molecule has 1 fully saturated rings. The molecule has 1 saturated heterocycles. The topological polar surface area (TPSA) is 47.6 Å². The molecule has 8 heteroatoms. The van der Waals surface area contributed by atoms with Crippen molar-refractivity contribution in [3.8, 4) is 0 Å². The number of likely N-dealkylation sites (N-methyl/N-ethyl adjacent to an activating group) is 1. The van der Waals surface area contributed by atoms with Crippen LogP contribution in [0.25, 0.3) is 0 Å². The second-order valence-corrected chi connectivity index (χ2v) is 6.47. The molecule has 146 valence electrons. The van der Waals surface area contributed by atoms with Crippen molar-refractivity contribution in [2.45, 2.75) is 25.2 Å². The Balaban J connectivity index is 2.09. The van der Waals surface area contributed by atoms with Crippen molar-refractivity contribution in [2.24, 2.45) is 0 Å². The molecule has 26 heavy (non-hydrogen) atoms. The Kier molecular flexibility index (Phi) is 7.43. The van der Waals surface area contributed by atoms with Gasteiger partial charge in [0.25, 0.3) is 0 Å². The number of piperazine rings is 1. The lowest BCUT2D eigenvalue weighted by molar-refractivity contribution is -0.184. The average Bonchev–Trinajstić information content (AvgIpc) is 2.62. The minimum absolute atomic E-state index is 0.316. The fourth-order valence-electron chi connectivity index (χ4n) is 3.16. The number of nitrogens with zero attached hydrogens (tertiary/aromatic N) is 2. The van der Waals surface area contributed by atoms with Crippen LogP contribution >= 0.6 is 0 Å². The molecule has 0 radical (unpaired) electrons. The van der Waals surface area contributed by atoms with Crippen molar-refractivity contribution in [3.63, 3.8) is 0 Å². The largest absolute Gasteiger partial charge is 0.405 e. The summed E-state index contributed by atoms with van der Waals surface area (Å²) in [5, 5.41) is 5.58. The van der Waals surface area contributed by atoms with Crippen LogP contribution in [0.2, 0.25) is 0 Å². The number of alkyl halides is 3. The Hall–Kier alpha value is -1.64. The van der Waals surface area contributed by atoms with Crippen molar-refractivity contribution >= 4 is 5.91 Å². The first-order chi connectivity index (χ1) is 12.3. The van der Waals surface area contributed by atoms with Crippen LogP contribution < -0.4 is 10.6 Å². The van der Waals surface area contributed by atoms with Gasteiger partial charge in [-0.25, -0.2) is 0 Å². The molecule has 2 atom stereocenters. The number of rotatable bonds is 7. The van der Waals surface area contributed by atoms with E-state index < -0.39 is 30.7 Å². The summed E-state index contributed by atoms with van der Waals surface area (Å²) < 4.78 is 40.4. The third kappa shape index (κ3) is 5.43. The maximum Gasteiger partial charge on any atom is 0.405 e. The molecular formula is C18H27F3N4O. The fraction of sp³-hybridized carbons (Fsp3) is 0.611. The number of amides is 1. The lowest BCUT2D eigenvalue weighted by Crippen LogP contribution is -2.58. The Morgan fingerprint density at radius 3 is 2.42 bits per heavy atom. The smallest absolute Gasteiger partial charge is 0.353 e. The van der Waals surface area contributed by atoms with Crippen LogP contribution in [0.3, 0.4) is 0 Å². The summed E-state index contributed by atoms with van der Waals surface area (Å²) in [4.78, 5) is 15.9. The first kappa shape index (κ1) is 20.7. The molecule has 1 aliphatic heterocycles. The van der Waals surface area contributed by atoms with E-state index in [0.29, 0.717) is 32.7 Å². The predicted octanol–water partition coefficient (Wildman–Crippen LogP) is 1.63. The van der Waals surface area contributed by atoms with E-state index in [-0.39, 0.29) is 0 Å². The van der Waals surface area contributed by atoms with Crippen LogP contribution in [0, 0.1) is 0 Å². The van der Waals surface area contributed by atoms with Crippen LogP contribution in [-0.2, 0) is 4.79 Å². The highest BCUT2D eigenvalue weighted by Crippen LogP contribution is 2.25. The van der Waals surface area contributed by atoms with E-state index in [0.717, 1.165) is 5.56 Å². The van der Waals surface area contributed by atoms with Gasteiger partial charge in [-0.15, -0.1) is 0 Å². The lowest BCUT2D eigenvalue weighted by Gasteiger charge is -2.36. The molecule has 5 nitrogen and oxygen atoms in total. The van der Waals surface area contributed by atoms with Crippen LogP contribution in [0.4, 0.5) is 13.2 Å². The van der Waals surface area contributed by atoms with Crippen LogP contribution in [-0.4, -0.2) is 74.2 Å². The number of carbonyl (C=O) groups is 1. The van der Waals surface area contributed by atoms with Gasteiger partial charge in [0, 0.05) is 32.7 Å². The van der Waals surface area contributed by atoms with Crippen molar-refractivity contribution in [2.75, 3.05) is 46.3 Å². The highest BCUT2D eigenvalue weighted by atomic mass is 19.4. The molecule has 2 unspecified atom stereocenters. The Morgan fingerprint density at radius 1 is 1.27 bits per heavy atom. The zero-order chi connectivity index (χ0) is 19.2. The minimum atomic E-state index is -4.39. The number of benzene rings is 1. The number of halogens is 3. The maximum absolute atomic E-state index is 13.5. The molecule has 1 aromatic carbocycles. The van der Waals surface area contributed by atoms with Crippen molar-refractivity contribution in [1.82, 2.24) is 20.4 Å². The van der Waals surface area contributed by atoms with Crippen LogP contribution in [0.1, 0.15) is 18.5 Å². The van der Waals surface area contributed by atoms with E-state index >= 15 is 0 Å². The van der Waals surface area contributed by atoms with E-state index in [4.69, 9.17) is 0 Å². The SMILES string of the molecule is CCN(C)C(C(=O)NCC(N1CCNCC1)C(F)(F)F)c1ccccc1. The van der Waals surface area contributed by atoms with Gasteiger partial charge in [0.1, 0.15) is 12.1 Å². The first-order valence-corrected chi connectivity index (χ1v) is 8.89. The average molecular weight is 372 g/mol.